The van der Waals surface area contributed by atoms with Crippen molar-refractivity contribution in [3.8, 4) is 0 Å². The maximum atomic E-state index is 11.6. The number of carboxylic acid groups (broad SMARTS) is 1. The average Bonchev–Trinajstić information content (AvgIpc) is 2.79. The van der Waals surface area contributed by atoms with Gasteiger partial charge in [-0.2, -0.15) is 0 Å². The van der Waals surface area contributed by atoms with Gasteiger partial charge in [-0.1, -0.05) is 113 Å². The lowest BCUT2D eigenvalue weighted by Crippen LogP contribution is -2.66. The molecule has 0 atom stereocenters. The largest absolute Gasteiger partial charge is 0.478 e. The van der Waals surface area contributed by atoms with Crippen molar-refractivity contribution >= 4 is 30.7 Å². The van der Waals surface area contributed by atoms with Crippen LogP contribution in [0.25, 0.3) is 6.08 Å². The van der Waals surface area contributed by atoms with Crippen LogP contribution in [0.3, 0.4) is 0 Å². The first-order valence-corrected chi connectivity index (χ1v) is 13.0. The van der Waals surface area contributed by atoms with Crippen molar-refractivity contribution in [2.45, 2.75) is 45.8 Å². The molecule has 4 heteroatoms. The van der Waals surface area contributed by atoms with Crippen molar-refractivity contribution in [1.82, 2.24) is 0 Å². The summed E-state index contributed by atoms with van der Waals surface area (Å²) in [5.41, 5.74) is 2.28. The minimum Gasteiger partial charge on any atom is -0.478 e. The molecular weight excluding hydrogens is 412 g/mol. The zero-order valence-corrected chi connectivity index (χ0v) is 20.3. The topological polar surface area (TPSA) is 46.5 Å². The molecule has 0 fully saturated rings. The molecule has 0 amide bonds. The van der Waals surface area contributed by atoms with E-state index in [0.717, 1.165) is 11.1 Å². The third-order valence-electron chi connectivity index (χ3n) is 5.90. The first-order valence-electron chi connectivity index (χ1n) is 11.1. The van der Waals surface area contributed by atoms with Crippen LogP contribution >= 0.6 is 0 Å². The summed E-state index contributed by atoms with van der Waals surface area (Å²) in [4.78, 5) is 11.6. The number of hydrogen-bond acceptors (Lipinski definition) is 2. The highest BCUT2D eigenvalue weighted by atomic mass is 28.4. The number of carboxylic acids is 1. The Labute approximate surface area is 192 Å². The van der Waals surface area contributed by atoms with E-state index in [1.807, 2.05) is 43.3 Å². The van der Waals surface area contributed by atoms with Gasteiger partial charge in [0, 0.05) is 5.57 Å². The van der Waals surface area contributed by atoms with E-state index in [1.54, 1.807) is 6.08 Å². The molecule has 0 spiro atoms. The number of hydrogen-bond donors (Lipinski definition) is 1. The molecule has 3 rings (SSSR count). The molecule has 0 radical (unpaired) electrons. The second-order valence-corrected chi connectivity index (χ2v) is 13.3. The van der Waals surface area contributed by atoms with Gasteiger partial charge < -0.3 is 9.53 Å². The highest BCUT2D eigenvalue weighted by molar-refractivity contribution is 6.99. The molecule has 166 valence electrons. The lowest BCUT2D eigenvalue weighted by Gasteiger charge is -2.43. The fourth-order valence-corrected chi connectivity index (χ4v) is 8.78. The minimum atomic E-state index is -2.66. The van der Waals surface area contributed by atoms with Crippen molar-refractivity contribution in [1.29, 1.82) is 0 Å². The predicted octanol–water partition coefficient (Wildman–Crippen LogP) is 5.64. The van der Waals surface area contributed by atoms with E-state index in [-0.39, 0.29) is 5.04 Å². The Hall–Kier alpha value is -2.95. The fraction of sp³-hybridized carbons (Fsp3) is 0.250. The average molecular weight is 445 g/mol. The maximum absolute atomic E-state index is 11.6. The molecule has 3 aromatic carbocycles. The van der Waals surface area contributed by atoms with Crippen LogP contribution in [0.2, 0.25) is 5.04 Å². The highest BCUT2D eigenvalue weighted by Crippen LogP contribution is 2.37. The smallest absolute Gasteiger partial charge is 0.331 e. The normalized spacial score (nSPS) is 12.6. The summed E-state index contributed by atoms with van der Waals surface area (Å²) in [5, 5.41) is 11.8. The Kier molecular flexibility index (Phi) is 7.49. The van der Waals surface area contributed by atoms with Crippen LogP contribution in [-0.2, 0) is 15.8 Å². The number of carbonyl (C=O) groups is 1. The van der Waals surface area contributed by atoms with Crippen LogP contribution in [0.4, 0.5) is 0 Å². The summed E-state index contributed by atoms with van der Waals surface area (Å²) < 4.78 is 7.03. The van der Waals surface area contributed by atoms with Crippen molar-refractivity contribution in [2.75, 3.05) is 0 Å². The van der Waals surface area contributed by atoms with Gasteiger partial charge in [-0.15, -0.1) is 0 Å². The second kappa shape index (κ2) is 10.1. The van der Waals surface area contributed by atoms with E-state index in [9.17, 15) is 9.90 Å². The van der Waals surface area contributed by atoms with Gasteiger partial charge in [0.15, 0.2) is 0 Å². The Balaban J connectivity index is 2.10. The van der Waals surface area contributed by atoms with Crippen molar-refractivity contribution in [2.24, 2.45) is 0 Å². The van der Waals surface area contributed by atoms with Crippen molar-refractivity contribution in [3.63, 3.8) is 0 Å². The number of aliphatic carboxylic acids is 1. The van der Waals surface area contributed by atoms with Gasteiger partial charge in [0.25, 0.3) is 8.32 Å². The molecule has 0 heterocycles. The first-order chi connectivity index (χ1) is 15.3. The van der Waals surface area contributed by atoms with Crippen molar-refractivity contribution in [3.05, 3.63) is 102 Å². The van der Waals surface area contributed by atoms with Gasteiger partial charge >= 0.3 is 5.97 Å². The third-order valence-corrected chi connectivity index (χ3v) is 10.9. The van der Waals surface area contributed by atoms with Crippen LogP contribution < -0.4 is 10.4 Å². The van der Waals surface area contributed by atoms with E-state index < -0.39 is 14.3 Å². The molecule has 3 nitrogen and oxygen atoms in total. The van der Waals surface area contributed by atoms with Gasteiger partial charge in [0.1, 0.15) is 0 Å². The molecule has 0 saturated heterocycles. The van der Waals surface area contributed by atoms with Crippen LogP contribution in [-0.4, -0.2) is 19.4 Å². The number of rotatable bonds is 8. The summed E-state index contributed by atoms with van der Waals surface area (Å²) in [6, 6.07) is 29.0. The second-order valence-electron chi connectivity index (χ2n) is 8.98. The molecule has 0 saturated carbocycles. The molecule has 3 aromatic rings. The van der Waals surface area contributed by atoms with Gasteiger partial charge in [-0.25, -0.2) is 4.79 Å². The van der Waals surface area contributed by atoms with Crippen LogP contribution in [0.15, 0.2) is 90.5 Å². The summed E-state index contributed by atoms with van der Waals surface area (Å²) in [6.45, 7) is 9.04. The molecule has 0 bridgehead atoms. The summed E-state index contributed by atoms with van der Waals surface area (Å²) in [6.07, 6.45) is 2.24. The van der Waals surface area contributed by atoms with E-state index >= 15 is 0 Å². The Bertz CT molecular complexity index is 1030. The Morgan fingerprint density at radius 2 is 1.38 bits per heavy atom. The van der Waals surface area contributed by atoms with Gasteiger partial charge in [-0.05, 0) is 39.0 Å². The highest BCUT2D eigenvalue weighted by Gasteiger charge is 2.50. The third kappa shape index (κ3) is 4.92. The maximum Gasteiger partial charge on any atom is 0.331 e. The van der Waals surface area contributed by atoms with E-state index in [0.29, 0.717) is 18.6 Å². The lowest BCUT2D eigenvalue weighted by atomic mass is 10.0. The van der Waals surface area contributed by atoms with Gasteiger partial charge in [0.05, 0.1) is 6.61 Å². The SMILES string of the molecule is CCC(=Cc1ccccc1CO[Si](c1ccccc1)(c1ccccc1)C(C)(C)C)C(=O)O. The van der Waals surface area contributed by atoms with E-state index in [4.69, 9.17) is 4.43 Å². The molecule has 0 aliphatic rings. The predicted molar refractivity (Wildman–Crippen MR) is 135 cm³/mol. The molecule has 0 unspecified atom stereocenters. The fourth-order valence-electron chi connectivity index (χ4n) is 4.26. The zero-order valence-electron chi connectivity index (χ0n) is 19.3. The molecule has 0 aliphatic carbocycles. The molecule has 1 N–H and O–H groups in total. The van der Waals surface area contributed by atoms with Crippen LogP contribution in [0.1, 0.15) is 45.2 Å². The Morgan fingerprint density at radius 3 is 1.84 bits per heavy atom. The summed E-state index contributed by atoms with van der Waals surface area (Å²) in [5.74, 6) is -0.879. The van der Waals surface area contributed by atoms with Crippen LogP contribution in [0.5, 0.6) is 0 Å². The molecule has 32 heavy (non-hydrogen) atoms. The zero-order chi connectivity index (χ0) is 23.2. The number of benzene rings is 3. The molecular formula is C28H32O3Si. The summed E-state index contributed by atoms with van der Waals surface area (Å²) in [7, 11) is -2.66. The molecule has 0 aliphatic heterocycles. The monoisotopic (exact) mass is 444 g/mol. The first kappa shape index (κ1) is 23.7. The van der Waals surface area contributed by atoms with E-state index in [1.165, 1.54) is 10.4 Å². The van der Waals surface area contributed by atoms with Gasteiger partial charge in [0.2, 0.25) is 0 Å². The van der Waals surface area contributed by atoms with E-state index in [2.05, 4.69) is 69.3 Å². The lowest BCUT2D eigenvalue weighted by molar-refractivity contribution is -0.132. The minimum absolute atomic E-state index is 0.115. The quantitative estimate of drug-likeness (QED) is 0.361. The van der Waals surface area contributed by atoms with Crippen molar-refractivity contribution < 1.29 is 14.3 Å². The van der Waals surface area contributed by atoms with Crippen LogP contribution in [0, 0.1) is 0 Å². The molecule has 0 aromatic heterocycles. The Morgan fingerprint density at radius 1 is 0.875 bits per heavy atom. The summed E-state index contributed by atoms with van der Waals surface area (Å²) >= 11 is 0. The van der Waals surface area contributed by atoms with Gasteiger partial charge in [-0.3, -0.25) is 0 Å². The standard InChI is InChI=1S/C28H32O3Si/c1-5-22(27(29)30)20-23-14-12-13-15-24(23)21-31-32(28(2,3)4,25-16-8-6-9-17-25)26-18-10-7-11-19-26/h6-20H,5,21H2,1-4H3,(H,29,30).